The highest BCUT2D eigenvalue weighted by molar-refractivity contribution is 5.97. The molecular formula is C18H14F3N5O3. The van der Waals surface area contributed by atoms with Crippen LogP contribution in [-0.2, 0) is 15.7 Å². The number of amides is 1. The molecule has 2 aromatic carbocycles. The van der Waals surface area contributed by atoms with E-state index in [-0.39, 0.29) is 11.3 Å². The summed E-state index contributed by atoms with van der Waals surface area (Å²) in [5, 5.41) is 13.0. The Morgan fingerprint density at radius 3 is 2.48 bits per heavy atom. The van der Waals surface area contributed by atoms with Gasteiger partial charge in [0.25, 0.3) is 5.91 Å². The highest BCUT2D eigenvalue weighted by Crippen LogP contribution is 2.30. The van der Waals surface area contributed by atoms with Crippen molar-refractivity contribution in [2.75, 3.05) is 5.32 Å². The molecule has 0 aliphatic carbocycles. The zero-order valence-electron chi connectivity index (χ0n) is 14.9. The molecular weight excluding hydrogens is 391 g/mol. The molecule has 1 aromatic heterocycles. The van der Waals surface area contributed by atoms with Crippen molar-refractivity contribution in [2.24, 2.45) is 0 Å². The number of hydrogen-bond acceptors (Lipinski definition) is 6. The molecule has 0 spiro atoms. The third-order valence-corrected chi connectivity index (χ3v) is 3.83. The van der Waals surface area contributed by atoms with E-state index in [9.17, 15) is 22.8 Å². The lowest BCUT2D eigenvalue weighted by Crippen LogP contribution is -2.30. The summed E-state index contributed by atoms with van der Waals surface area (Å²) < 4.78 is 44.7. The molecule has 0 aliphatic rings. The number of alkyl halides is 3. The van der Waals surface area contributed by atoms with Crippen molar-refractivity contribution < 1.29 is 27.5 Å². The van der Waals surface area contributed by atoms with Crippen molar-refractivity contribution in [1.82, 2.24) is 20.2 Å². The predicted molar refractivity (Wildman–Crippen MR) is 94.1 cm³/mol. The SMILES string of the molecule is C[C@@H](OC(=O)c1ccc(-n2cnnn2)cc1)C(=O)Nc1cccc(C(F)(F)F)c1. The van der Waals surface area contributed by atoms with E-state index in [0.717, 1.165) is 12.1 Å². The van der Waals surface area contributed by atoms with Gasteiger partial charge >= 0.3 is 12.1 Å². The highest BCUT2D eigenvalue weighted by atomic mass is 19.4. The quantitative estimate of drug-likeness (QED) is 0.656. The smallest absolute Gasteiger partial charge is 0.416 e. The van der Waals surface area contributed by atoms with Crippen molar-refractivity contribution in [2.45, 2.75) is 19.2 Å². The molecule has 0 fully saturated rings. The molecule has 150 valence electrons. The lowest BCUT2D eigenvalue weighted by atomic mass is 10.2. The topological polar surface area (TPSA) is 99.0 Å². The zero-order chi connectivity index (χ0) is 21.0. The van der Waals surface area contributed by atoms with E-state index in [1.165, 1.54) is 42.2 Å². The highest BCUT2D eigenvalue weighted by Gasteiger charge is 2.30. The van der Waals surface area contributed by atoms with Gasteiger partial charge in [-0.05, 0) is 59.8 Å². The summed E-state index contributed by atoms with van der Waals surface area (Å²) in [4.78, 5) is 24.4. The number of esters is 1. The summed E-state index contributed by atoms with van der Waals surface area (Å²) in [7, 11) is 0. The van der Waals surface area contributed by atoms with Gasteiger partial charge in [0.2, 0.25) is 0 Å². The van der Waals surface area contributed by atoms with Crippen molar-refractivity contribution in [3.05, 3.63) is 66.0 Å². The fourth-order valence-corrected chi connectivity index (χ4v) is 2.33. The van der Waals surface area contributed by atoms with Crippen LogP contribution in [-0.4, -0.2) is 38.2 Å². The average molecular weight is 405 g/mol. The maximum Gasteiger partial charge on any atom is 0.416 e. The van der Waals surface area contributed by atoms with Crippen molar-refractivity contribution in [1.29, 1.82) is 0 Å². The molecule has 0 radical (unpaired) electrons. The van der Waals surface area contributed by atoms with Crippen molar-refractivity contribution >= 4 is 17.6 Å². The van der Waals surface area contributed by atoms with Crippen LogP contribution in [0.3, 0.4) is 0 Å². The van der Waals surface area contributed by atoms with E-state index in [2.05, 4.69) is 20.8 Å². The van der Waals surface area contributed by atoms with E-state index < -0.39 is 29.7 Å². The number of benzene rings is 2. The molecule has 0 unspecified atom stereocenters. The monoisotopic (exact) mass is 405 g/mol. The molecule has 0 saturated carbocycles. The normalized spacial score (nSPS) is 12.3. The number of aromatic nitrogens is 4. The number of halogens is 3. The van der Waals surface area contributed by atoms with Gasteiger partial charge in [-0.3, -0.25) is 4.79 Å². The Bertz CT molecular complexity index is 1000. The number of rotatable bonds is 5. The van der Waals surface area contributed by atoms with Gasteiger partial charge in [0.15, 0.2) is 6.10 Å². The summed E-state index contributed by atoms with van der Waals surface area (Å²) in [6, 6.07) is 10.3. The van der Waals surface area contributed by atoms with Crippen LogP contribution in [0.2, 0.25) is 0 Å². The van der Waals surface area contributed by atoms with Crippen LogP contribution in [0.4, 0.5) is 18.9 Å². The Morgan fingerprint density at radius 1 is 1.14 bits per heavy atom. The van der Waals surface area contributed by atoms with Gasteiger partial charge in [-0.2, -0.15) is 13.2 Å². The molecule has 3 aromatic rings. The van der Waals surface area contributed by atoms with E-state index in [1.807, 2.05) is 0 Å². The van der Waals surface area contributed by atoms with Crippen molar-refractivity contribution in [3.8, 4) is 5.69 Å². The number of hydrogen-bond donors (Lipinski definition) is 1. The summed E-state index contributed by atoms with van der Waals surface area (Å²) in [5.41, 5.74) is -0.163. The van der Waals surface area contributed by atoms with Crippen LogP contribution in [0, 0.1) is 0 Å². The second-order valence-corrected chi connectivity index (χ2v) is 5.92. The second-order valence-electron chi connectivity index (χ2n) is 5.92. The van der Waals surface area contributed by atoms with Crippen LogP contribution in [0.15, 0.2) is 54.9 Å². The lowest BCUT2D eigenvalue weighted by Gasteiger charge is -2.14. The van der Waals surface area contributed by atoms with Crippen LogP contribution < -0.4 is 5.32 Å². The van der Waals surface area contributed by atoms with Crippen LogP contribution in [0.25, 0.3) is 5.69 Å². The molecule has 1 amide bonds. The summed E-state index contributed by atoms with van der Waals surface area (Å²) in [5.74, 6) is -1.53. The maximum atomic E-state index is 12.7. The minimum absolute atomic E-state index is 0.0569. The average Bonchev–Trinajstić information content (AvgIpc) is 3.22. The Hall–Kier alpha value is -3.76. The van der Waals surface area contributed by atoms with E-state index in [4.69, 9.17) is 4.74 Å². The Kier molecular flexibility index (Phi) is 5.57. The molecule has 3 rings (SSSR count). The number of carbonyl (C=O) groups is 2. The summed E-state index contributed by atoms with van der Waals surface area (Å²) >= 11 is 0. The maximum absolute atomic E-state index is 12.7. The molecule has 0 bridgehead atoms. The molecule has 0 saturated heterocycles. The van der Waals surface area contributed by atoms with E-state index in [1.54, 1.807) is 12.1 Å². The first-order valence-corrected chi connectivity index (χ1v) is 8.26. The number of anilines is 1. The molecule has 11 heteroatoms. The van der Waals surface area contributed by atoms with Gasteiger partial charge < -0.3 is 10.1 Å². The third-order valence-electron chi connectivity index (χ3n) is 3.83. The number of tetrazole rings is 1. The fraction of sp³-hybridized carbons (Fsp3) is 0.167. The minimum Gasteiger partial charge on any atom is -0.449 e. The number of carbonyl (C=O) groups excluding carboxylic acids is 2. The summed E-state index contributed by atoms with van der Waals surface area (Å²) in [6.07, 6.45) is -4.38. The van der Waals surface area contributed by atoms with Gasteiger partial charge in [0.1, 0.15) is 6.33 Å². The zero-order valence-corrected chi connectivity index (χ0v) is 14.9. The lowest BCUT2D eigenvalue weighted by molar-refractivity contribution is -0.137. The van der Waals surface area contributed by atoms with Gasteiger partial charge in [-0.1, -0.05) is 6.07 Å². The largest absolute Gasteiger partial charge is 0.449 e. The van der Waals surface area contributed by atoms with Gasteiger partial charge in [0, 0.05) is 5.69 Å². The first-order chi connectivity index (χ1) is 13.7. The van der Waals surface area contributed by atoms with Gasteiger partial charge in [-0.15, -0.1) is 5.10 Å². The van der Waals surface area contributed by atoms with Crippen molar-refractivity contribution in [3.63, 3.8) is 0 Å². The number of nitrogens with one attached hydrogen (secondary N) is 1. The Labute approximate surface area is 162 Å². The molecule has 8 nitrogen and oxygen atoms in total. The fourth-order valence-electron chi connectivity index (χ4n) is 2.33. The number of nitrogens with zero attached hydrogens (tertiary/aromatic N) is 4. The van der Waals surface area contributed by atoms with Crippen LogP contribution >= 0.6 is 0 Å². The van der Waals surface area contributed by atoms with Crippen LogP contribution in [0.1, 0.15) is 22.8 Å². The van der Waals surface area contributed by atoms with E-state index in [0.29, 0.717) is 5.69 Å². The minimum atomic E-state index is -4.53. The van der Waals surface area contributed by atoms with Crippen LogP contribution in [0.5, 0.6) is 0 Å². The second kappa shape index (κ2) is 8.09. The molecule has 0 aliphatic heterocycles. The molecule has 1 N–H and O–H groups in total. The first-order valence-electron chi connectivity index (χ1n) is 8.26. The molecule has 29 heavy (non-hydrogen) atoms. The van der Waals surface area contributed by atoms with Gasteiger partial charge in [0.05, 0.1) is 16.8 Å². The van der Waals surface area contributed by atoms with E-state index >= 15 is 0 Å². The first kappa shape index (κ1) is 20.0. The molecule has 1 heterocycles. The third kappa shape index (κ3) is 4.94. The Morgan fingerprint density at radius 2 is 1.86 bits per heavy atom. The predicted octanol–water partition coefficient (Wildman–Crippen LogP) is 2.87. The standard InChI is InChI=1S/C18H14F3N5O3/c1-11(16(27)23-14-4-2-3-13(9-14)18(19,20)21)29-17(28)12-5-7-15(8-6-12)26-10-22-24-25-26/h2-11H,1H3,(H,23,27)/t11-/m1/s1. The Balaban J connectivity index is 1.61. The molecule has 1 atom stereocenters. The van der Waals surface area contributed by atoms with Gasteiger partial charge in [-0.25, -0.2) is 9.48 Å². The summed E-state index contributed by atoms with van der Waals surface area (Å²) in [6.45, 7) is 1.32. The number of ether oxygens (including phenoxy) is 1.